The molecule has 1 aromatic carbocycles. The molecule has 0 spiro atoms. The average Bonchev–Trinajstić information content (AvgIpc) is 2.45. The van der Waals surface area contributed by atoms with Crippen LogP contribution in [-0.2, 0) is 12.8 Å². The molecular formula is C17H17ClN2O. The van der Waals surface area contributed by atoms with Gasteiger partial charge >= 0.3 is 0 Å². The van der Waals surface area contributed by atoms with Crippen molar-refractivity contribution >= 4 is 17.4 Å². The van der Waals surface area contributed by atoms with Gasteiger partial charge in [0.2, 0.25) is 0 Å². The highest BCUT2D eigenvalue weighted by atomic mass is 35.5. The van der Waals surface area contributed by atoms with Crippen molar-refractivity contribution in [3.8, 4) is 0 Å². The molecule has 21 heavy (non-hydrogen) atoms. The van der Waals surface area contributed by atoms with Crippen molar-refractivity contribution in [2.24, 2.45) is 0 Å². The van der Waals surface area contributed by atoms with Gasteiger partial charge in [-0.25, -0.2) is 4.98 Å². The van der Waals surface area contributed by atoms with E-state index in [2.05, 4.69) is 22.4 Å². The molecule has 0 aliphatic carbocycles. The number of Topliss-reactive ketones (excluding diaryl/α,β-unsaturated/α-hetero) is 1. The lowest BCUT2D eigenvalue weighted by atomic mass is 9.96. The van der Waals surface area contributed by atoms with Crippen LogP contribution in [0.1, 0.15) is 27.9 Å². The zero-order chi connectivity index (χ0) is 14.7. The third kappa shape index (κ3) is 3.69. The lowest BCUT2D eigenvalue weighted by Gasteiger charge is -2.27. The van der Waals surface area contributed by atoms with Gasteiger partial charge in [-0.15, -0.1) is 0 Å². The predicted octanol–water partition coefficient (Wildman–Crippen LogP) is 3.06. The SMILES string of the molecule is O=C(Cc1ccc(C[C@@H]2CCN2)cc1)c1ccc(Cl)nc1. The van der Waals surface area contributed by atoms with Gasteiger partial charge in [0, 0.05) is 24.2 Å². The van der Waals surface area contributed by atoms with Crippen LogP contribution in [0.5, 0.6) is 0 Å². The number of ketones is 1. The third-order valence-corrected chi connectivity index (χ3v) is 4.07. The number of halogens is 1. The standard InChI is InChI=1S/C17H17ClN2O/c18-17-6-5-14(11-20-17)16(21)10-13-3-1-12(2-4-13)9-15-7-8-19-15/h1-6,11,15,19H,7-10H2/t15-/m0/s1. The first-order valence-electron chi connectivity index (χ1n) is 7.17. The van der Waals surface area contributed by atoms with Crippen LogP contribution in [0, 0.1) is 0 Å². The number of nitrogens with one attached hydrogen (secondary N) is 1. The van der Waals surface area contributed by atoms with Gasteiger partial charge < -0.3 is 5.32 Å². The zero-order valence-electron chi connectivity index (χ0n) is 11.7. The van der Waals surface area contributed by atoms with Crippen LogP contribution in [0.3, 0.4) is 0 Å². The molecule has 1 aromatic heterocycles. The maximum atomic E-state index is 12.2. The molecule has 3 nitrogen and oxygen atoms in total. The molecule has 2 heterocycles. The Morgan fingerprint density at radius 3 is 2.48 bits per heavy atom. The Morgan fingerprint density at radius 2 is 1.90 bits per heavy atom. The number of aromatic nitrogens is 1. The number of hydrogen-bond acceptors (Lipinski definition) is 3. The lowest BCUT2D eigenvalue weighted by Crippen LogP contribution is -2.44. The van der Waals surface area contributed by atoms with Crippen molar-refractivity contribution in [3.05, 3.63) is 64.4 Å². The van der Waals surface area contributed by atoms with E-state index >= 15 is 0 Å². The summed E-state index contributed by atoms with van der Waals surface area (Å²) >= 11 is 5.72. The van der Waals surface area contributed by atoms with Crippen LogP contribution in [0.2, 0.25) is 5.15 Å². The Hall–Kier alpha value is -1.71. The van der Waals surface area contributed by atoms with E-state index in [0.29, 0.717) is 23.2 Å². The predicted molar refractivity (Wildman–Crippen MR) is 83.8 cm³/mol. The highest BCUT2D eigenvalue weighted by molar-refractivity contribution is 6.29. The van der Waals surface area contributed by atoms with Crippen LogP contribution < -0.4 is 5.32 Å². The van der Waals surface area contributed by atoms with Crippen LogP contribution in [0.4, 0.5) is 0 Å². The van der Waals surface area contributed by atoms with Crippen LogP contribution >= 0.6 is 11.6 Å². The molecule has 0 unspecified atom stereocenters. The zero-order valence-corrected chi connectivity index (χ0v) is 12.4. The molecule has 4 heteroatoms. The fourth-order valence-corrected chi connectivity index (χ4v) is 2.54. The summed E-state index contributed by atoms with van der Waals surface area (Å²) in [4.78, 5) is 16.1. The van der Waals surface area contributed by atoms with Gasteiger partial charge in [-0.1, -0.05) is 35.9 Å². The molecule has 1 aliphatic heterocycles. The average molecular weight is 301 g/mol. The Bertz CT molecular complexity index is 618. The monoisotopic (exact) mass is 300 g/mol. The lowest BCUT2D eigenvalue weighted by molar-refractivity contribution is 0.0992. The van der Waals surface area contributed by atoms with Crippen LogP contribution in [0.15, 0.2) is 42.6 Å². The molecule has 3 rings (SSSR count). The molecule has 1 saturated heterocycles. The second kappa shape index (κ2) is 6.37. The highest BCUT2D eigenvalue weighted by Gasteiger charge is 2.16. The van der Waals surface area contributed by atoms with Gasteiger partial charge in [0.15, 0.2) is 5.78 Å². The molecule has 0 amide bonds. The fraction of sp³-hybridized carbons (Fsp3) is 0.294. The molecule has 1 fully saturated rings. The Labute approximate surface area is 129 Å². The van der Waals surface area contributed by atoms with Crippen molar-refractivity contribution in [1.82, 2.24) is 10.3 Å². The number of hydrogen-bond donors (Lipinski definition) is 1. The summed E-state index contributed by atoms with van der Waals surface area (Å²) in [6.45, 7) is 1.13. The molecule has 0 bridgehead atoms. The maximum Gasteiger partial charge on any atom is 0.168 e. The van der Waals surface area contributed by atoms with Gasteiger partial charge in [-0.05, 0) is 42.6 Å². The minimum Gasteiger partial charge on any atom is -0.314 e. The Morgan fingerprint density at radius 1 is 1.19 bits per heavy atom. The third-order valence-electron chi connectivity index (χ3n) is 3.84. The molecule has 1 aliphatic rings. The van der Waals surface area contributed by atoms with Crippen molar-refractivity contribution in [3.63, 3.8) is 0 Å². The summed E-state index contributed by atoms with van der Waals surface area (Å²) in [5.41, 5.74) is 2.94. The van der Waals surface area contributed by atoms with E-state index in [1.165, 1.54) is 18.2 Å². The van der Waals surface area contributed by atoms with Gasteiger partial charge in [-0.3, -0.25) is 4.79 Å². The second-order valence-electron chi connectivity index (χ2n) is 5.43. The van der Waals surface area contributed by atoms with Crippen LogP contribution in [-0.4, -0.2) is 23.4 Å². The molecule has 1 N–H and O–H groups in total. The number of benzene rings is 1. The van der Waals surface area contributed by atoms with Gasteiger partial charge in [0.05, 0.1) is 0 Å². The maximum absolute atomic E-state index is 12.2. The number of carbonyl (C=O) groups excluding carboxylic acids is 1. The summed E-state index contributed by atoms with van der Waals surface area (Å²) < 4.78 is 0. The van der Waals surface area contributed by atoms with Gasteiger partial charge in [0.25, 0.3) is 0 Å². The second-order valence-corrected chi connectivity index (χ2v) is 5.82. The van der Waals surface area contributed by atoms with E-state index < -0.39 is 0 Å². The summed E-state index contributed by atoms with van der Waals surface area (Å²) in [6, 6.07) is 12.3. The number of carbonyl (C=O) groups is 1. The van der Waals surface area contributed by atoms with E-state index in [0.717, 1.165) is 18.5 Å². The van der Waals surface area contributed by atoms with E-state index in [9.17, 15) is 4.79 Å². The first kappa shape index (κ1) is 14.2. The molecule has 0 radical (unpaired) electrons. The van der Waals surface area contributed by atoms with E-state index in [1.807, 2.05) is 12.1 Å². The smallest absolute Gasteiger partial charge is 0.168 e. The summed E-state index contributed by atoms with van der Waals surface area (Å²) in [6.07, 6.45) is 4.24. The number of nitrogens with zero attached hydrogens (tertiary/aromatic N) is 1. The van der Waals surface area contributed by atoms with Gasteiger partial charge in [-0.2, -0.15) is 0 Å². The normalized spacial score (nSPS) is 17.3. The fourth-order valence-electron chi connectivity index (χ4n) is 2.43. The summed E-state index contributed by atoms with van der Waals surface area (Å²) in [5, 5.41) is 3.80. The van der Waals surface area contributed by atoms with Crippen molar-refractivity contribution in [2.45, 2.75) is 25.3 Å². The minimum atomic E-state index is 0.0626. The Kier molecular flexibility index (Phi) is 4.32. The molecular weight excluding hydrogens is 284 g/mol. The topological polar surface area (TPSA) is 42.0 Å². The van der Waals surface area contributed by atoms with Crippen molar-refractivity contribution < 1.29 is 4.79 Å². The van der Waals surface area contributed by atoms with E-state index in [-0.39, 0.29) is 5.78 Å². The molecule has 2 aromatic rings. The Balaban J connectivity index is 1.61. The molecule has 108 valence electrons. The summed E-state index contributed by atoms with van der Waals surface area (Å²) in [7, 11) is 0. The molecule has 1 atom stereocenters. The van der Waals surface area contributed by atoms with E-state index in [1.54, 1.807) is 12.1 Å². The first-order valence-corrected chi connectivity index (χ1v) is 7.54. The number of pyridine rings is 1. The van der Waals surface area contributed by atoms with Crippen molar-refractivity contribution in [2.75, 3.05) is 6.54 Å². The van der Waals surface area contributed by atoms with Crippen LogP contribution in [0.25, 0.3) is 0 Å². The van der Waals surface area contributed by atoms with E-state index in [4.69, 9.17) is 11.6 Å². The first-order chi connectivity index (χ1) is 10.2. The van der Waals surface area contributed by atoms with Gasteiger partial charge in [0.1, 0.15) is 5.15 Å². The highest BCUT2D eigenvalue weighted by Crippen LogP contribution is 2.14. The minimum absolute atomic E-state index is 0.0626. The van der Waals surface area contributed by atoms with Crippen molar-refractivity contribution in [1.29, 1.82) is 0 Å². The molecule has 0 saturated carbocycles. The quantitative estimate of drug-likeness (QED) is 0.681. The largest absolute Gasteiger partial charge is 0.314 e. The summed E-state index contributed by atoms with van der Waals surface area (Å²) in [5.74, 6) is 0.0626. The number of rotatable bonds is 5.